The first-order chi connectivity index (χ1) is 7.86. The maximum atomic E-state index is 13.2. The van der Waals surface area contributed by atoms with Crippen LogP contribution < -0.4 is 10.5 Å². The van der Waals surface area contributed by atoms with E-state index in [1.165, 1.54) is 12.1 Å². The summed E-state index contributed by atoms with van der Waals surface area (Å²) >= 11 is 2.96. The summed E-state index contributed by atoms with van der Waals surface area (Å²) in [5, 5.41) is 0. The molecule has 0 heterocycles. The summed E-state index contributed by atoms with van der Waals surface area (Å²) in [5.74, 6) is -0.618. The van der Waals surface area contributed by atoms with E-state index in [0.717, 1.165) is 6.07 Å². The Morgan fingerprint density at radius 1 is 1.53 bits per heavy atom. The van der Waals surface area contributed by atoms with Gasteiger partial charge >= 0.3 is 0 Å². The first-order valence-corrected chi connectivity index (χ1v) is 7.34. The number of rotatable bonds is 5. The SMILES string of the molecule is CCC(N)CNS(=O)(=O)c1ccc(Br)c(F)c1. The van der Waals surface area contributed by atoms with Crippen molar-refractivity contribution in [1.29, 1.82) is 0 Å². The maximum absolute atomic E-state index is 13.2. The second kappa shape index (κ2) is 5.90. The predicted octanol–water partition coefficient (Wildman–Crippen LogP) is 1.60. The number of hydrogen-bond donors (Lipinski definition) is 2. The predicted molar refractivity (Wildman–Crippen MR) is 67.6 cm³/mol. The van der Waals surface area contributed by atoms with Gasteiger partial charge in [-0.3, -0.25) is 0 Å². The van der Waals surface area contributed by atoms with E-state index >= 15 is 0 Å². The monoisotopic (exact) mass is 324 g/mol. The molecule has 3 N–H and O–H groups in total. The Hall–Kier alpha value is -0.500. The Labute approximate surface area is 109 Å². The quantitative estimate of drug-likeness (QED) is 0.864. The highest BCUT2D eigenvalue weighted by atomic mass is 79.9. The van der Waals surface area contributed by atoms with Crippen LogP contribution >= 0.6 is 15.9 Å². The van der Waals surface area contributed by atoms with Gasteiger partial charge in [0.25, 0.3) is 0 Å². The molecule has 96 valence electrons. The highest BCUT2D eigenvalue weighted by Crippen LogP contribution is 2.19. The molecule has 17 heavy (non-hydrogen) atoms. The first-order valence-electron chi connectivity index (χ1n) is 5.07. The van der Waals surface area contributed by atoms with Gasteiger partial charge in [-0.15, -0.1) is 0 Å². The third-order valence-electron chi connectivity index (χ3n) is 2.26. The highest BCUT2D eigenvalue weighted by molar-refractivity contribution is 9.10. The minimum Gasteiger partial charge on any atom is -0.327 e. The minimum absolute atomic E-state index is 0.110. The fourth-order valence-electron chi connectivity index (χ4n) is 1.09. The molecule has 1 aromatic rings. The van der Waals surface area contributed by atoms with Crippen molar-refractivity contribution in [2.24, 2.45) is 5.73 Å². The van der Waals surface area contributed by atoms with Crippen LogP contribution in [0.4, 0.5) is 4.39 Å². The van der Waals surface area contributed by atoms with Gasteiger partial charge in [0.2, 0.25) is 10.0 Å². The Balaban J connectivity index is 2.86. The minimum atomic E-state index is -3.70. The smallest absolute Gasteiger partial charge is 0.240 e. The van der Waals surface area contributed by atoms with Crippen LogP contribution in [0, 0.1) is 5.82 Å². The lowest BCUT2D eigenvalue weighted by molar-refractivity contribution is 0.561. The Morgan fingerprint density at radius 2 is 2.18 bits per heavy atom. The molecule has 0 amide bonds. The van der Waals surface area contributed by atoms with Crippen molar-refractivity contribution in [3.05, 3.63) is 28.5 Å². The lowest BCUT2D eigenvalue weighted by atomic mass is 10.2. The summed E-state index contributed by atoms with van der Waals surface area (Å²) in [4.78, 5) is -0.110. The van der Waals surface area contributed by atoms with Gasteiger partial charge in [0.1, 0.15) is 5.82 Å². The summed E-state index contributed by atoms with van der Waals surface area (Å²) in [6.07, 6.45) is 0.664. The Kier molecular flexibility index (Phi) is 5.05. The van der Waals surface area contributed by atoms with Gasteiger partial charge in [-0.2, -0.15) is 0 Å². The van der Waals surface area contributed by atoms with E-state index in [1.54, 1.807) is 0 Å². The van der Waals surface area contributed by atoms with Crippen LogP contribution in [-0.2, 0) is 10.0 Å². The molecule has 0 saturated heterocycles. The van der Waals surface area contributed by atoms with E-state index in [0.29, 0.717) is 6.42 Å². The lowest BCUT2D eigenvalue weighted by Crippen LogP contribution is -2.36. The van der Waals surface area contributed by atoms with E-state index in [1.807, 2.05) is 6.92 Å². The summed E-state index contributed by atoms with van der Waals surface area (Å²) in [6.45, 7) is 1.99. The molecule has 1 rings (SSSR count). The summed E-state index contributed by atoms with van der Waals surface area (Å²) in [5.41, 5.74) is 5.60. The Morgan fingerprint density at radius 3 is 2.71 bits per heavy atom. The standard InChI is InChI=1S/C10H14BrFN2O2S/c1-2-7(13)6-14-17(15,16)8-3-4-9(11)10(12)5-8/h3-5,7,14H,2,6,13H2,1H3. The van der Waals surface area contributed by atoms with Crippen molar-refractivity contribution in [3.63, 3.8) is 0 Å². The van der Waals surface area contributed by atoms with Crippen molar-refractivity contribution in [1.82, 2.24) is 4.72 Å². The second-order valence-corrected chi connectivity index (χ2v) is 6.22. The average Bonchev–Trinajstić information content (AvgIpc) is 2.29. The zero-order valence-electron chi connectivity index (χ0n) is 9.28. The highest BCUT2D eigenvalue weighted by Gasteiger charge is 2.16. The summed E-state index contributed by atoms with van der Waals surface area (Å²) in [7, 11) is -3.70. The largest absolute Gasteiger partial charge is 0.327 e. The zero-order valence-corrected chi connectivity index (χ0v) is 11.7. The number of benzene rings is 1. The molecule has 0 aliphatic rings. The maximum Gasteiger partial charge on any atom is 0.240 e. The first kappa shape index (κ1) is 14.6. The summed E-state index contributed by atoms with van der Waals surface area (Å²) < 4.78 is 39.3. The van der Waals surface area contributed by atoms with Gasteiger partial charge in [0.15, 0.2) is 0 Å². The van der Waals surface area contributed by atoms with Gasteiger partial charge in [0.05, 0.1) is 9.37 Å². The number of nitrogens with one attached hydrogen (secondary N) is 1. The van der Waals surface area contributed by atoms with Crippen LogP contribution in [0.2, 0.25) is 0 Å². The van der Waals surface area contributed by atoms with Crippen LogP contribution in [-0.4, -0.2) is 21.0 Å². The van der Waals surface area contributed by atoms with E-state index in [9.17, 15) is 12.8 Å². The molecule has 1 aromatic carbocycles. The molecule has 1 atom stereocenters. The molecular weight excluding hydrogens is 311 g/mol. The number of halogens is 2. The van der Waals surface area contributed by atoms with Crippen molar-refractivity contribution < 1.29 is 12.8 Å². The normalized spacial score (nSPS) is 13.6. The topological polar surface area (TPSA) is 72.2 Å². The molecule has 0 fully saturated rings. The van der Waals surface area contributed by atoms with E-state index in [2.05, 4.69) is 20.7 Å². The van der Waals surface area contributed by atoms with Gasteiger partial charge in [-0.1, -0.05) is 6.92 Å². The van der Waals surface area contributed by atoms with E-state index in [4.69, 9.17) is 5.73 Å². The second-order valence-electron chi connectivity index (χ2n) is 3.60. The van der Waals surface area contributed by atoms with Gasteiger partial charge in [-0.25, -0.2) is 17.5 Å². The number of nitrogens with two attached hydrogens (primary N) is 1. The molecule has 1 unspecified atom stereocenters. The van der Waals surface area contributed by atoms with Crippen molar-refractivity contribution in [3.8, 4) is 0 Å². The van der Waals surface area contributed by atoms with Crippen molar-refractivity contribution in [2.45, 2.75) is 24.3 Å². The molecule has 7 heteroatoms. The van der Waals surface area contributed by atoms with Gasteiger partial charge in [0, 0.05) is 12.6 Å². The molecule has 0 radical (unpaired) electrons. The van der Waals surface area contributed by atoms with E-state index in [-0.39, 0.29) is 22.0 Å². The number of hydrogen-bond acceptors (Lipinski definition) is 3. The molecule has 4 nitrogen and oxygen atoms in total. The zero-order chi connectivity index (χ0) is 13.1. The number of sulfonamides is 1. The van der Waals surface area contributed by atoms with Crippen LogP contribution in [0.25, 0.3) is 0 Å². The molecule has 0 aliphatic carbocycles. The average molecular weight is 325 g/mol. The molecule has 0 bridgehead atoms. The van der Waals surface area contributed by atoms with Crippen LogP contribution in [0.3, 0.4) is 0 Å². The molecule has 0 saturated carbocycles. The van der Waals surface area contributed by atoms with Crippen LogP contribution in [0.15, 0.2) is 27.6 Å². The van der Waals surface area contributed by atoms with E-state index < -0.39 is 15.8 Å². The third kappa shape index (κ3) is 4.02. The summed E-state index contributed by atoms with van der Waals surface area (Å²) in [6, 6.07) is 3.39. The third-order valence-corrected chi connectivity index (χ3v) is 4.33. The van der Waals surface area contributed by atoms with Crippen LogP contribution in [0.1, 0.15) is 13.3 Å². The lowest BCUT2D eigenvalue weighted by Gasteiger charge is -2.11. The molecule has 0 spiro atoms. The van der Waals surface area contributed by atoms with Gasteiger partial charge in [-0.05, 0) is 40.5 Å². The fraction of sp³-hybridized carbons (Fsp3) is 0.400. The van der Waals surface area contributed by atoms with Crippen molar-refractivity contribution >= 4 is 26.0 Å². The fourth-order valence-corrected chi connectivity index (χ4v) is 2.44. The molecular formula is C10H14BrFN2O2S. The Bertz CT molecular complexity index is 493. The molecule has 0 aliphatic heterocycles. The molecule has 0 aromatic heterocycles. The van der Waals surface area contributed by atoms with Crippen LogP contribution in [0.5, 0.6) is 0 Å². The van der Waals surface area contributed by atoms with Gasteiger partial charge < -0.3 is 5.73 Å². The van der Waals surface area contributed by atoms with Crippen molar-refractivity contribution in [2.75, 3.05) is 6.54 Å².